The van der Waals surface area contributed by atoms with Crippen LogP contribution in [0.15, 0.2) is 122 Å². The third kappa shape index (κ3) is 43.9. The van der Waals surface area contributed by atoms with E-state index in [1.165, 1.54) is 19.3 Å². The molecule has 0 rings (SSSR count). The van der Waals surface area contributed by atoms with E-state index in [1.54, 1.807) is 0 Å². The standard InChI is InChI=1S/C53H89N2O7P/c1-6-8-10-12-14-16-18-20-21-22-23-24-25-26-27-28-29-30-31-32-33-34-36-38-40-42-44-46-52(57)54-50(49-62-63(59,60)61-48-47-55(3,4)5)53(58)51(56)45-43-41-39-37-35-19-17-15-13-11-9-7-2/h8,10,14-17,20-21,23-24,26-27,29-30,32-33,36-39,50-51,53,56,58H,6-7,9,11-13,18-19,22,25,28,31,34-35,40-49H2,1-5H3,(H-,54,57,59,60)/b10-8-,16-14-,17-15+,21-20-,24-23-,27-26-,30-29-,33-32-,38-36-,39-37+. The van der Waals surface area contributed by atoms with Crippen LogP contribution in [-0.4, -0.2) is 79.8 Å². The summed E-state index contributed by atoms with van der Waals surface area (Å²) in [6.45, 7) is 4.19. The topological polar surface area (TPSA) is 128 Å². The molecule has 4 unspecified atom stereocenters. The maximum absolute atomic E-state index is 12.9. The number of phosphoric acid groups is 1. The molecule has 0 aliphatic carbocycles. The van der Waals surface area contributed by atoms with Crippen molar-refractivity contribution in [3.05, 3.63) is 122 Å². The van der Waals surface area contributed by atoms with Crippen LogP contribution >= 0.6 is 7.82 Å². The molecule has 10 heteroatoms. The number of allylic oxidation sites excluding steroid dienone is 20. The van der Waals surface area contributed by atoms with Gasteiger partial charge in [-0.05, 0) is 116 Å². The molecular weight excluding hydrogens is 808 g/mol. The normalized spacial score (nSPS) is 15.7. The molecule has 0 radical (unpaired) electrons. The second-order valence-corrected chi connectivity index (χ2v) is 18.3. The number of carbonyl (C=O) groups excluding carboxylic acids is 1. The second-order valence-electron chi connectivity index (χ2n) is 16.8. The van der Waals surface area contributed by atoms with Gasteiger partial charge in [-0.2, -0.15) is 0 Å². The lowest BCUT2D eigenvalue weighted by Gasteiger charge is -2.31. The molecule has 0 aromatic carbocycles. The first kappa shape index (κ1) is 59.9. The van der Waals surface area contributed by atoms with E-state index in [2.05, 4.69) is 141 Å². The Kier molecular flexibility index (Phi) is 40.7. The van der Waals surface area contributed by atoms with Crippen LogP contribution in [0.25, 0.3) is 0 Å². The summed E-state index contributed by atoms with van der Waals surface area (Å²) in [7, 11) is 1.04. The van der Waals surface area contributed by atoms with Crippen LogP contribution in [0.1, 0.15) is 149 Å². The number of quaternary nitrogens is 1. The van der Waals surface area contributed by atoms with Gasteiger partial charge in [0, 0.05) is 6.42 Å². The Morgan fingerprint density at radius 2 is 1.00 bits per heavy atom. The number of aliphatic hydroxyl groups is 2. The van der Waals surface area contributed by atoms with Gasteiger partial charge in [0.15, 0.2) is 0 Å². The number of likely N-dealkylation sites (N-methyl/N-ethyl adjacent to an activating group) is 1. The number of nitrogens with zero attached hydrogens (tertiary/aromatic N) is 1. The van der Waals surface area contributed by atoms with Crippen molar-refractivity contribution in [1.29, 1.82) is 0 Å². The zero-order valence-electron chi connectivity index (χ0n) is 40.1. The van der Waals surface area contributed by atoms with Gasteiger partial charge in [-0.15, -0.1) is 0 Å². The molecule has 0 bridgehead atoms. The zero-order chi connectivity index (χ0) is 46.5. The van der Waals surface area contributed by atoms with Gasteiger partial charge in [-0.3, -0.25) is 9.36 Å². The predicted octanol–water partition coefficient (Wildman–Crippen LogP) is 12.2. The molecule has 9 nitrogen and oxygen atoms in total. The van der Waals surface area contributed by atoms with Crippen molar-refractivity contribution in [3.63, 3.8) is 0 Å². The largest absolute Gasteiger partial charge is 0.756 e. The highest BCUT2D eigenvalue weighted by Gasteiger charge is 2.29. The smallest absolute Gasteiger partial charge is 0.268 e. The number of hydrogen-bond donors (Lipinski definition) is 3. The Hall–Kier alpha value is -3.14. The van der Waals surface area contributed by atoms with Crippen molar-refractivity contribution >= 4 is 13.7 Å². The lowest BCUT2D eigenvalue weighted by Crippen LogP contribution is -2.51. The van der Waals surface area contributed by atoms with E-state index in [4.69, 9.17) is 9.05 Å². The fourth-order valence-corrected chi connectivity index (χ4v) is 6.65. The minimum absolute atomic E-state index is 0.0652. The monoisotopic (exact) mass is 897 g/mol. The van der Waals surface area contributed by atoms with Crippen LogP contribution in [0.3, 0.4) is 0 Å². The molecular formula is C53H89N2O7P. The Morgan fingerprint density at radius 1 is 0.587 bits per heavy atom. The molecule has 63 heavy (non-hydrogen) atoms. The minimum Gasteiger partial charge on any atom is -0.756 e. The lowest BCUT2D eigenvalue weighted by molar-refractivity contribution is -0.870. The third-order valence-corrected chi connectivity index (χ3v) is 10.7. The summed E-state index contributed by atoms with van der Waals surface area (Å²) in [5, 5.41) is 24.5. The van der Waals surface area contributed by atoms with Crippen molar-refractivity contribution in [1.82, 2.24) is 5.32 Å². The summed E-state index contributed by atoms with van der Waals surface area (Å²) in [4.78, 5) is 25.4. The number of carbonyl (C=O) groups is 1. The van der Waals surface area contributed by atoms with Crippen LogP contribution in [0.5, 0.6) is 0 Å². The van der Waals surface area contributed by atoms with Gasteiger partial charge in [0.2, 0.25) is 5.91 Å². The maximum atomic E-state index is 12.9. The van der Waals surface area contributed by atoms with Crippen molar-refractivity contribution in [2.24, 2.45) is 0 Å². The molecule has 0 saturated heterocycles. The van der Waals surface area contributed by atoms with Gasteiger partial charge in [-0.25, -0.2) is 0 Å². The van der Waals surface area contributed by atoms with Gasteiger partial charge in [-0.1, -0.05) is 148 Å². The van der Waals surface area contributed by atoms with Crippen molar-refractivity contribution in [2.45, 2.75) is 167 Å². The fraction of sp³-hybridized carbons (Fsp3) is 0.604. The number of aliphatic hydroxyl groups excluding tert-OH is 2. The van der Waals surface area contributed by atoms with Crippen LogP contribution < -0.4 is 10.2 Å². The highest BCUT2D eigenvalue weighted by molar-refractivity contribution is 7.45. The van der Waals surface area contributed by atoms with Crippen molar-refractivity contribution in [3.8, 4) is 0 Å². The molecule has 0 aromatic rings. The van der Waals surface area contributed by atoms with Crippen molar-refractivity contribution in [2.75, 3.05) is 40.9 Å². The van der Waals surface area contributed by atoms with Crippen LogP contribution in [0.4, 0.5) is 0 Å². The fourth-order valence-electron chi connectivity index (χ4n) is 5.93. The SMILES string of the molecule is CC/C=C\C/C=C\C/C=C\C/C=C\C/C=C\C/C=C\C/C=C\C/C=C\CCCCC(=O)NC(COP(=O)([O-])OCC[N+](C)(C)C)C(O)C(O)CCC/C=C/CC/C=C/CCCCC. The van der Waals surface area contributed by atoms with E-state index in [1.807, 2.05) is 21.1 Å². The Morgan fingerprint density at radius 3 is 1.46 bits per heavy atom. The number of phosphoric ester groups is 1. The molecule has 0 fully saturated rings. The average Bonchev–Trinajstić information content (AvgIpc) is 3.24. The molecule has 1 amide bonds. The lowest BCUT2D eigenvalue weighted by atomic mass is 10.0. The summed E-state index contributed by atoms with van der Waals surface area (Å²) >= 11 is 0. The van der Waals surface area contributed by atoms with E-state index in [0.29, 0.717) is 23.9 Å². The summed E-state index contributed by atoms with van der Waals surface area (Å²) in [6.07, 6.45) is 59.7. The molecule has 4 atom stereocenters. The summed E-state index contributed by atoms with van der Waals surface area (Å²) in [6, 6.07) is -1.13. The first-order valence-corrected chi connectivity index (χ1v) is 25.4. The van der Waals surface area contributed by atoms with Crippen molar-refractivity contribution < 1.29 is 38.0 Å². The van der Waals surface area contributed by atoms with E-state index >= 15 is 0 Å². The third-order valence-electron chi connectivity index (χ3n) is 9.75. The van der Waals surface area contributed by atoms with E-state index in [9.17, 15) is 24.5 Å². The molecule has 358 valence electrons. The number of hydrogen-bond acceptors (Lipinski definition) is 7. The molecule has 0 spiro atoms. The minimum atomic E-state index is -4.70. The van der Waals surface area contributed by atoms with Crippen LogP contribution in [0, 0.1) is 0 Å². The van der Waals surface area contributed by atoms with E-state index in [-0.39, 0.29) is 25.4 Å². The molecule has 0 aliphatic heterocycles. The number of nitrogens with one attached hydrogen (secondary N) is 1. The summed E-state index contributed by atoms with van der Waals surface area (Å²) in [5.41, 5.74) is 0. The van der Waals surface area contributed by atoms with Gasteiger partial charge in [0.25, 0.3) is 7.82 Å². The number of amides is 1. The summed E-state index contributed by atoms with van der Waals surface area (Å²) < 4.78 is 23.1. The highest BCUT2D eigenvalue weighted by Crippen LogP contribution is 2.38. The van der Waals surface area contributed by atoms with Gasteiger partial charge < -0.3 is 34.0 Å². The Bertz CT molecular complexity index is 1450. The van der Waals surface area contributed by atoms with Gasteiger partial charge in [0.1, 0.15) is 19.3 Å². The van der Waals surface area contributed by atoms with E-state index in [0.717, 1.165) is 89.9 Å². The Labute approximate surface area is 385 Å². The second kappa shape index (κ2) is 42.8. The molecule has 0 aromatic heterocycles. The first-order valence-electron chi connectivity index (χ1n) is 24.0. The molecule has 0 aliphatic rings. The molecule has 0 saturated carbocycles. The Balaban J connectivity index is 4.54. The van der Waals surface area contributed by atoms with Crippen LogP contribution in [-0.2, 0) is 18.4 Å². The zero-order valence-corrected chi connectivity index (χ0v) is 41.0. The first-order chi connectivity index (χ1) is 30.4. The highest BCUT2D eigenvalue weighted by atomic mass is 31.2. The number of rotatable bonds is 41. The summed E-state index contributed by atoms with van der Waals surface area (Å²) in [5.74, 6) is -0.342. The molecule has 0 heterocycles. The number of unbranched alkanes of at least 4 members (excludes halogenated alkanes) is 7. The van der Waals surface area contributed by atoms with Gasteiger partial charge in [0.05, 0.1) is 39.9 Å². The quantitative estimate of drug-likeness (QED) is 0.0241. The maximum Gasteiger partial charge on any atom is 0.268 e. The van der Waals surface area contributed by atoms with E-state index < -0.39 is 32.7 Å². The van der Waals surface area contributed by atoms with Gasteiger partial charge >= 0.3 is 0 Å². The average molecular weight is 897 g/mol. The molecule has 3 N–H and O–H groups in total. The van der Waals surface area contributed by atoms with Crippen LogP contribution in [0.2, 0.25) is 0 Å². The predicted molar refractivity (Wildman–Crippen MR) is 266 cm³/mol.